The van der Waals surface area contributed by atoms with Crippen LogP contribution in [0.2, 0.25) is 0 Å². The predicted octanol–water partition coefficient (Wildman–Crippen LogP) is 4.62. The number of hydrogen-bond acceptors (Lipinski definition) is 3. The van der Waals surface area contributed by atoms with Gasteiger partial charge >= 0.3 is 0 Å². The van der Waals surface area contributed by atoms with Crippen molar-refractivity contribution >= 4 is 5.71 Å². The van der Waals surface area contributed by atoms with Gasteiger partial charge in [0.2, 0.25) is 0 Å². The quantitative estimate of drug-likeness (QED) is 0.630. The molecule has 2 rings (SSSR count). The second kappa shape index (κ2) is 8.33. The molecule has 3 unspecified atom stereocenters. The van der Waals surface area contributed by atoms with Crippen LogP contribution in [-0.4, -0.2) is 25.4 Å². The highest BCUT2D eigenvalue weighted by atomic mass is 16.6. The van der Waals surface area contributed by atoms with Crippen molar-refractivity contribution in [3.8, 4) is 0 Å². The van der Waals surface area contributed by atoms with Gasteiger partial charge in [-0.15, -0.1) is 0 Å². The van der Waals surface area contributed by atoms with Crippen LogP contribution in [0.1, 0.15) is 72.6 Å². The molecule has 0 aliphatic carbocycles. The molecule has 2 aliphatic heterocycles. The Morgan fingerprint density at radius 3 is 2.64 bits per heavy atom. The van der Waals surface area contributed by atoms with Gasteiger partial charge in [-0.2, -0.15) is 0 Å². The lowest BCUT2D eigenvalue weighted by Crippen LogP contribution is -2.57. The number of unbranched alkanes of at least 4 members (excludes halogenated alkanes) is 3. The van der Waals surface area contributed by atoms with Gasteiger partial charge in [0.25, 0.3) is 0 Å². The summed E-state index contributed by atoms with van der Waals surface area (Å²) in [5.41, 5.74) is 1.55. The van der Waals surface area contributed by atoms with Gasteiger partial charge in [-0.3, -0.25) is 0 Å². The molecule has 2 aliphatic rings. The van der Waals surface area contributed by atoms with E-state index in [2.05, 4.69) is 38.2 Å². The number of oxime groups is 1. The lowest BCUT2D eigenvalue weighted by atomic mass is 9.74. The molecule has 1 N–H and O–H groups in total. The first kappa shape index (κ1) is 17.8. The molecule has 22 heavy (non-hydrogen) atoms. The molecule has 0 amide bonds. The van der Waals surface area contributed by atoms with Crippen molar-refractivity contribution in [3.05, 3.63) is 0 Å². The van der Waals surface area contributed by atoms with Crippen LogP contribution >= 0.6 is 0 Å². The Labute approximate surface area is 137 Å². The third-order valence-corrected chi connectivity index (χ3v) is 5.88. The highest BCUT2D eigenvalue weighted by molar-refractivity contribution is 5.91. The number of hydrogen-bond donors (Lipinski definition) is 1. The van der Waals surface area contributed by atoms with E-state index in [9.17, 15) is 0 Å². The molecule has 0 saturated carbocycles. The Morgan fingerprint density at radius 2 is 2.00 bits per heavy atom. The lowest BCUT2D eigenvalue weighted by molar-refractivity contribution is 0.0717. The van der Waals surface area contributed by atoms with E-state index in [-0.39, 0.29) is 5.41 Å². The number of nitrogens with one attached hydrogen (secondary N) is 1. The minimum Gasteiger partial charge on any atom is -0.396 e. The summed E-state index contributed by atoms with van der Waals surface area (Å²) in [7, 11) is 0. The monoisotopic (exact) mass is 308 g/mol. The fraction of sp³-hybridized carbons (Fsp3) is 0.947. The van der Waals surface area contributed by atoms with E-state index in [1.165, 1.54) is 44.2 Å². The van der Waals surface area contributed by atoms with Gasteiger partial charge in [0, 0.05) is 24.4 Å². The Balaban J connectivity index is 1.72. The van der Waals surface area contributed by atoms with E-state index < -0.39 is 0 Å². The van der Waals surface area contributed by atoms with Gasteiger partial charge in [-0.05, 0) is 24.7 Å². The molecule has 0 aromatic heterocycles. The van der Waals surface area contributed by atoms with Crippen LogP contribution in [-0.2, 0) is 4.84 Å². The molecule has 0 radical (unpaired) electrons. The third-order valence-electron chi connectivity index (χ3n) is 5.88. The fourth-order valence-electron chi connectivity index (χ4n) is 3.74. The van der Waals surface area contributed by atoms with Crippen molar-refractivity contribution < 1.29 is 4.84 Å². The average Bonchev–Trinajstić information content (AvgIpc) is 2.49. The van der Waals surface area contributed by atoms with Gasteiger partial charge in [0.05, 0.1) is 5.71 Å². The number of nitrogens with zero attached hydrogens (tertiary/aromatic N) is 1. The van der Waals surface area contributed by atoms with Crippen molar-refractivity contribution in [2.45, 2.75) is 72.6 Å². The average molecular weight is 309 g/mol. The summed E-state index contributed by atoms with van der Waals surface area (Å²) in [5.74, 6) is 2.29. The van der Waals surface area contributed by atoms with Crippen molar-refractivity contribution in [2.24, 2.45) is 28.3 Å². The van der Waals surface area contributed by atoms with Crippen LogP contribution in [0.5, 0.6) is 0 Å². The van der Waals surface area contributed by atoms with Crippen LogP contribution < -0.4 is 5.32 Å². The molecule has 0 bridgehead atoms. The smallest absolute Gasteiger partial charge is 0.120 e. The van der Waals surface area contributed by atoms with Gasteiger partial charge in [-0.1, -0.05) is 65.0 Å². The Bertz CT molecular complexity index is 362. The first-order chi connectivity index (χ1) is 10.5. The third kappa shape index (κ3) is 4.71. The molecule has 3 heteroatoms. The maximum absolute atomic E-state index is 5.57. The summed E-state index contributed by atoms with van der Waals surface area (Å²) in [5, 5.41) is 7.74. The van der Waals surface area contributed by atoms with Crippen LogP contribution in [0.4, 0.5) is 0 Å². The Morgan fingerprint density at radius 1 is 1.23 bits per heavy atom. The summed E-state index contributed by atoms with van der Waals surface area (Å²) >= 11 is 0. The summed E-state index contributed by atoms with van der Waals surface area (Å²) in [6.07, 6.45) is 9.35. The highest BCUT2D eigenvalue weighted by Crippen LogP contribution is 2.33. The molecule has 3 atom stereocenters. The van der Waals surface area contributed by atoms with E-state index in [1.807, 2.05) is 0 Å². The molecule has 1 saturated heterocycles. The van der Waals surface area contributed by atoms with Crippen LogP contribution in [0.25, 0.3) is 0 Å². The van der Waals surface area contributed by atoms with Crippen LogP contribution in [0.3, 0.4) is 0 Å². The first-order valence-corrected chi connectivity index (χ1v) is 9.45. The summed E-state index contributed by atoms with van der Waals surface area (Å²) < 4.78 is 0. The van der Waals surface area contributed by atoms with Crippen molar-refractivity contribution in [3.63, 3.8) is 0 Å². The van der Waals surface area contributed by atoms with Crippen LogP contribution in [0, 0.1) is 23.2 Å². The Kier molecular flexibility index (Phi) is 6.73. The first-order valence-electron chi connectivity index (χ1n) is 9.45. The summed E-state index contributed by atoms with van der Waals surface area (Å²) in [6, 6.07) is 0. The second-order valence-electron chi connectivity index (χ2n) is 8.11. The van der Waals surface area contributed by atoms with Gasteiger partial charge in [-0.25, -0.2) is 0 Å². The number of rotatable bonds is 9. The molecular weight excluding hydrogens is 272 g/mol. The maximum Gasteiger partial charge on any atom is 0.120 e. The highest BCUT2D eigenvalue weighted by Gasteiger charge is 2.40. The molecule has 0 aromatic rings. The molecule has 0 aromatic carbocycles. The molecular formula is C19H36N2O. The molecule has 1 fully saturated rings. The van der Waals surface area contributed by atoms with E-state index in [0.29, 0.717) is 5.92 Å². The van der Waals surface area contributed by atoms with Crippen LogP contribution in [0.15, 0.2) is 5.16 Å². The summed E-state index contributed by atoms with van der Waals surface area (Å²) in [6.45, 7) is 12.4. The zero-order valence-corrected chi connectivity index (χ0v) is 15.2. The SMILES string of the molecule is CCCCCCC(C)C(C)CC1CON=C(C2(C)CNC2)C1. The maximum atomic E-state index is 5.57. The fourth-order valence-corrected chi connectivity index (χ4v) is 3.74. The minimum absolute atomic E-state index is 0.258. The minimum atomic E-state index is 0.258. The zero-order valence-electron chi connectivity index (χ0n) is 15.2. The van der Waals surface area contributed by atoms with E-state index in [0.717, 1.165) is 38.0 Å². The summed E-state index contributed by atoms with van der Waals surface area (Å²) in [4.78, 5) is 5.57. The standard InChI is InChI=1S/C19H36N2O/c1-5-6-7-8-9-15(2)16(3)10-17-11-18(21-22-12-17)19(4)13-20-14-19/h15-17,20H,5-14H2,1-4H3. The Hall–Kier alpha value is -0.570. The van der Waals surface area contributed by atoms with E-state index >= 15 is 0 Å². The molecule has 128 valence electrons. The van der Waals surface area contributed by atoms with E-state index in [1.54, 1.807) is 0 Å². The molecule has 2 heterocycles. The normalized spacial score (nSPS) is 26.5. The van der Waals surface area contributed by atoms with Crippen molar-refractivity contribution in [2.75, 3.05) is 19.7 Å². The van der Waals surface area contributed by atoms with Gasteiger partial charge in [0.1, 0.15) is 6.61 Å². The lowest BCUT2D eigenvalue weighted by Gasteiger charge is -2.42. The van der Waals surface area contributed by atoms with Crippen molar-refractivity contribution in [1.82, 2.24) is 5.32 Å². The van der Waals surface area contributed by atoms with Crippen molar-refractivity contribution in [1.29, 1.82) is 0 Å². The molecule has 3 nitrogen and oxygen atoms in total. The van der Waals surface area contributed by atoms with E-state index in [4.69, 9.17) is 4.84 Å². The van der Waals surface area contributed by atoms with Gasteiger partial charge < -0.3 is 10.2 Å². The van der Waals surface area contributed by atoms with Gasteiger partial charge in [0.15, 0.2) is 0 Å². The molecule has 0 spiro atoms. The topological polar surface area (TPSA) is 33.6 Å². The zero-order chi connectivity index (χ0) is 16.0. The largest absolute Gasteiger partial charge is 0.396 e. The predicted molar refractivity (Wildman–Crippen MR) is 94.2 cm³/mol. The second-order valence-corrected chi connectivity index (χ2v) is 8.11.